The summed E-state index contributed by atoms with van der Waals surface area (Å²) in [5.74, 6) is 0.246. The first-order valence-electron chi connectivity index (χ1n) is 7.98. The van der Waals surface area contributed by atoms with Crippen molar-refractivity contribution < 1.29 is 18.7 Å². The maximum absolute atomic E-state index is 13.7. The Kier molecular flexibility index (Phi) is 5.46. The summed E-state index contributed by atoms with van der Waals surface area (Å²) in [5.41, 5.74) is 0.791. The molecule has 0 aliphatic carbocycles. The Morgan fingerprint density at radius 3 is 2.59 bits per heavy atom. The maximum Gasteiger partial charge on any atom is 0.274 e. The molecule has 0 radical (unpaired) electrons. The van der Waals surface area contributed by atoms with E-state index in [0.29, 0.717) is 17.2 Å². The highest BCUT2D eigenvalue weighted by Crippen LogP contribution is 2.29. The number of hydrogen-bond donors (Lipinski definition) is 2. The van der Waals surface area contributed by atoms with Crippen LogP contribution in [0.1, 0.15) is 10.5 Å². The van der Waals surface area contributed by atoms with Gasteiger partial charge in [-0.05, 0) is 30.3 Å². The number of aromatic nitrogens is 2. The van der Waals surface area contributed by atoms with Crippen molar-refractivity contribution in [2.45, 2.75) is 0 Å². The normalized spacial score (nSPS) is 10.2. The van der Waals surface area contributed by atoms with Crippen molar-refractivity contribution in [1.29, 1.82) is 0 Å². The first-order chi connectivity index (χ1) is 13.1. The predicted octanol–water partition coefficient (Wildman–Crippen LogP) is 3.63. The number of rotatable bonds is 6. The summed E-state index contributed by atoms with van der Waals surface area (Å²) in [6, 6.07) is 12.6. The third-order valence-electron chi connectivity index (χ3n) is 3.67. The van der Waals surface area contributed by atoms with Gasteiger partial charge in [-0.15, -0.1) is 0 Å². The molecule has 1 amide bonds. The van der Waals surface area contributed by atoms with Crippen molar-refractivity contribution in [2.75, 3.05) is 24.9 Å². The molecule has 138 valence electrons. The third kappa shape index (κ3) is 4.30. The molecule has 8 heteroatoms. The van der Waals surface area contributed by atoms with E-state index in [2.05, 4.69) is 20.6 Å². The molecule has 1 heterocycles. The summed E-state index contributed by atoms with van der Waals surface area (Å²) in [5, 5.41) is 5.47. The van der Waals surface area contributed by atoms with E-state index in [9.17, 15) is 9.18 Å². The molecule has 7 nitrogen and oxygen atoms in total. The molecule has 0 fully saturated rings. The van der Waals surface area contributed by atoms with Gasteiger partial charge in [0, 0.05) is 12.3 Å². The molecule has 3 rings (SSSR count). The van der Waals surface area contributed by atoms with Crippen LogP contribution in [0.2, 0.25) is 0 Å². The predicted molar refractivity (Wildman–Crippen MR) is 99.2 cm³/mol. The Morgan fingerprint density at radius 2 is 1.85 bits per heavy atom. The second-order valence-corrected chi connectivity index (χ2v) is 5.39. The number of amides is 1. The number of halogens is 1. The molecule has 2 aromatic carbocycles. The summed E-state index contributed by atoms with van der Waals surface area (Å²) in [6.07, 6.45) is 1.41. The van der Waals surface area contributed by atoms with Crippen LogP contribution in [-0.4, -0.2) is 30.1 Å². The zero-order chi connectivity index (χ0) is 19.2. The summed E-state index contributed by atoms with van der Waals surface area (Å²) >= 11 is 0. The van der Waals surface area contributed by atoms with Gasteiger partial charge in [0.25, 0.3) is 5.91 Å². The largest absolute Gasteiger partial charge is 0.497 e. The third-order valence-corrected chi connectivity index (χ3v) is 3.67. The minimum atomic E-state index is -0.461. The Morgan fingerprint density at radius 1 is 1.04 bits per heavy atom. The van der Waals surface area contributed by atoms with Gasteiger partial charge in [-0.2, -0.15) is 0 Å². The van der Waals surface area contributed by atoms with Crippen LogP contribution in [0.15, 0.2) is 54.7 Å². The number of ether oxygens (including phenoxy) is 2. The number of para-hydroxylation sites is 1. The van der Waals surface area contributed by atoms with E-state index in [4.69, 9.17) is 9.47 Å². The number of anilines is 3. The van der Waals surface area contributed by atoms with Gasteiger partial charge in [0.1, 0.15) is 23.0 Å². The fourth-order valence-corrected chi connectivity index (χ4v) is 2.32. The van der Waals surface area contributed by atoms with Gasteiger partial charge in [-0.3, -0.25) is 4.79 Å². The van der Waals surface area contributed by atoms with Crippen LogP contribution >= 0.6 is 0 Å². The molecule has 2 N–H and O–H groups in total. The Balaban J connectivity index is 1.79. The van der Waals surface area contributed by atoms with Crippen molar-refractivity contribution in [3.05, 3.63) is 66.2 Å². The highest BCUT2D eigenvalue weighted by atomic mass is 19.1. The lowest BCUT2D eigenvalue weighted by atomic mass is 10.2. The monoisotopic (exact) mass is 368 g/mol. The van der Waals surface area contributed by atoms with Gasteiger partial charge in [0.2, 0.25) is 5.95 Å². The Bertz CT molecular complexity index is 965. The topological polar surface area (TPSA) is 85.4 Å². The van der Waals surface area contributed by atoms with Crippen LogP contribution in [0.25, 0.3) is 0 Å². The zero-order valence-corrected chi connectivity index (χ0v) is 14.7. The van der Waals surface area contributed by atoms with Gasteiger partial charge in [-0.25, -0.2) is 14.4 Å². The van der Waals surface area contributed by atoms with E-state index < -0.39 is 11.7 Å². The molecular formula is C19H17FN4O3. The van der Waals surface area contributed by atoms with E-state index in [1.807, 2.05) is 0 Å². The lowest BCUT2D eigenvalue weighted by Gasteiger charge is -2.12. The van der Waals surface area contributed by atoms with Gasteiger partial charge < -0.3 is 20.1 Å². The second-order valence-electron chi connectivity index (χ2n) is 5.39. The van der Waals surface area contributed by atoms with Crippen molar-refractivity contribution in [3.63, 3.8) is 0 Å². The molecule has 0 atom stereocenters. The summed E-state index contributed by atoms with van der Waals surface area (Å²) < 4.78 is 24.1. The fourth-order valence-electron chi connectivity index (χ4n) is 2.32. The molecule has 1 aromatic heterocycles. The molecule has 0 aliphatic rings. The number of benzene rings is 2. The van der Waals surface area contributed by atoms with E-state index in [1.165, 1.54) is 32.5 Å². The molecule has 0 saturated carbocycles. The molecular weight excluding hydrogens is 351 g/mol. The molecule has 3 aromatic rings. The average molecular weight is 368 g/mol. The van der Waals surface area contributed by atoms with Crippen LogP contribution in [0.3, 0.4) is 0 Å². The summed E-state index contributed by atoms with van der Waals surface area (Å²) in [7, 11) is 3.03. The minimum absolute atomic E-state index is 0.106. The lowest BCUT2D eigenvalue weighted by molar-refractivity contribution is 0.102. The number of nitrogens with one attached hydrogen (secondary N) is 2. The Labute approximate surface area is 155 Å². The van der Waals surface area contributed by atoms with Crippen LogP contribution in [0.4, 0.5) is 21.7 Å². The number of methoxy groups -OCH3 is 2. The summed E-state index contributed by atoms with van der Waals surface area (Å²) in [4.78, 5) is 20.7. The minimum Gasteiger partial charge on any atom is -0.497 e. The second kappa shape index (κ2) is 8.13. The van der Waals surface area contributed by atoms with E-state index >= 15 is 0 Å². The Hall–Kier alpha value is -3.68. The van der Waals surface area contributed by atoms with E-state index in [-0.39, 0.29) is 17.3 Å². The highest BCUT2D eigenvalue weighted by molar-refractivity contribution is 6.03. The lowest BCUT2D eigenvalue weighted by Crippen LogP contribution is -2.15. The number of carbonyl (C=O) groups excluding carboxylic acids is 1. The van der Waals surface area contributed by atoms with E-state index in [0.717, 1.165) is 0 Å². The fraction of sp³-hybridized carbons (Fsp3) is 0.105. The molecule has 27 heavy (non-hydrogen) atoms. The SMILES string of the molecule is COc1ccc(NC(=O)c2ccnc(Nc3ccccc3F)n2)c(OC)c1. The van der Waals surface area contributed by atoms with E-state index in [1.54, 1.807) is 36.4 Å². The van der Waals surface area contributed by atoms with Gasteiger partial charge >= 0.3 is 0 Å². The standard InChI is InChI=1S/C19H17FN4O3/c1-26-12-7-8-15(17(11-12)27-2)22-18(25)16-9-10-21-19(24-16)23-14-6-4-3-5-13(14)20/h3-11H,1-2H3,(H,22,25)(H,21,23,24). The van der Waals surface area contributed by atoms with Crippen molar-refractivity contribution in [1.82, 2.24) is 9.97 Å². The van der Waals surface area contributed by atoms with Crippen LogP contribution < -0.4 is 20.1 Å². The van der Waals surface area contributed by atoms with Crippen LogP contribution in [0, 0.1) is 5.82 Å². The van der Waals surface area contributed by atoms with Gasteiger partial charge in [0.15, 0.2) is 0 Å². The van der Waals surface area contributed by atoms with Crippen molar-refractivity contribution in [3.8, 4) is 11.5 Å². The molecule has 0 spiro atoms. The maximum atomic E-state index is 13.7. The zero-order valence-electron chi connectivity index (χ0n) is 14.7. The highest BCUT2D eigenvalue weighted by Gasteiger charge is 2.13. The van der Waals surface area contributed by atoms with Crippen LogP contribution in [0.5, 0.6) is 11.5 Å². The summed E-state index contributed by atoms with van der Waals surface area (Å²) in [6.45, 7) is 0. The number of nitrogens with zero attached hydrogens (tertiary/aromatic N) is 2. The average Bonchev–Trinajstić information content (AvgIpc) is 2.70. The van der Waals surface area contributed by atoms with Crippen LogP contribution in [-0.2, 0) is 0 Å². The molecule has 0 aliphatic heterocycles. The quantitative estimate of drug-likeness (QED) is 0.691. The van der Waals surface area contributed by atoms with Gasteiger partial charge in [0.05, 0.1) is 25.6 Å². The van der Waals surface area contributed by atoms with Crippen molar-refractivity contribution >= 4 is 23.2 Å². The molecule has 0 bridgehead atoms. The number of carbonyl (C=O) groups is 1. The number of hydrogen-bond acceptors (Lipinski definition) is 6. The smallest absolute Gasteiger partial charge is 0.274 e. The first kappa shape index (κ1) is 18.1. The van der Waals surface area contributed by atoms with Crippen molar-refractivity contribution in [2.24, 2.45) is 0 Å². The first-order valence-corrected chi connectivity index (χ1v) is 7.98. The van der Waals surface area contributed by atoms with Gasteiger partial charge in [-0.1, -0.05) is 12.1 Å². The molecule has 0 unspecified atom stereocenters. The molecule has 0 saturated heterocycles.